The molecule has 2 amide bonds. The van der Waals surface area contributed by atoms with Gasteiger partial charge in [0.05, 0.1) is 5.92 Å². The number of anilines is 3. The number of nitrogens with zero attached hydrogens (tertiary/aromatic N) is 2. The number of halogens is 1. The van der Waals surface area contributed by atoms with Crippen LogP contribution in [0.3, 0.4) is 0 Å². The van der Waals surface area contributed by atoms with Crippen LogP contribution in [0.15, 0.2) is 48.5 Å². The summed E-state index contributed by atoms with van der Waals surface area (Å²) in [6.45, 7) is 4.81. The van der Waals surface area contributed by atoms with E-state index < -0.39 is 0 Å². The summed E-state index contributed by atoms with van der Waals surface area (Å²) in [5, 5.41) is 3.58. The molecule has 2 aromatic rings. The van der Waals surface area contributed by atoms with Gasteiger partial charge in [0.1, 0.15) is 0 Å². The first kappa shape index (κ1) is 18.8. The zero-order valence-electron chi connectivity index (χ0n) is 15.9. The first-order valence-electron chi connectivity index (χ1n) is 9.71. The van der Waals surface area contributed by atoms with Gasteiger partial charge in [0.25, 0.3) is 0 Å². The highest BCUT2D eigenvalue weighted by molar-refractivity contribution is 6.30. The van der Waals surface area contributed by atoms with Crippen molar-refractivity contribution in [2.24, 2.45) is 11.8 Å². The second-order valence-corrected chi connectivity index (χ2v) is 8.19. The Bertz CT molecular complexity index is 866. The normalized spacial score (nSPS) is 22.0. The number of carbonyl (C=O) groups excluding carboxylic acids is 2. The van der Waals surface area contributed by atoms with Crippen LogP contribution >= 0.6 is 11.6 Å². The largest absolute Gasteiger partial charge is 0.371 e. The van der Waals surface area contributed by atoms with Gasteiger partial charge in [-0.25, -0.2) is 0 Å². The standard InChI is InChI=1S/C22H24ClN3O2/c1-15-10-11-25(13-15)19-8-4-18(5-9-19)24-22(28)16-12-21(27)26(14-16)20-6-2-17(23)3-7-20/h2-9,15-16H,10-14H2,1H3,(H,24,28). The zero-order valence-corrected chi connectivity index (χ0v) is 16.7. The molecule has 2 heterocycles. The fraction of sp³-hybridized carbons (Fsp3) is 0.364. The second kappa shape index (κ2) is 7.84. The van der Waals surface area contributed by atoms with Crippen LogP contribution in [0.2, 0.25) is 5.02 Å². The van der Waals surface area contributed by atoms with Gasteiger partial charge in [-0.2, -0.15) is 0 Å². The van der Waals surface area contributed by atoms with Gasteiger partial charge in [-0.05, 0) is 60.9 Å². The van der Waals surface area contributed by atoms with Crippen LogP contribution in [0, 0.1) is 11.8 Å². The molecule has 28 heavy (non-hydrogen) atoms. The van der Waals surface area contributed by atoms with Crippen molar-refractivity contribution in [3.05, 3.63) is 53.6 Å². The van der Waals surface area contributed by atoms with Gasteiger partial charge < -0.3 is 15.1 Å². The summed E-state index contributed by atoms with van der Waals surface area (Å²) in [5.74, 6) is 0.207. The molecule has 2 fully saturated rings. The van der Waals surface area contributed by atoms with E-state index in [1.807, 2.05) is 24.3 Å². The van der Waals surface area contributed by atoms with Gasteiger partial charge in [0.15, 0.2) is 0 Å². The van der Waals surface area contributed by atoms with Crippen LogP contribution < -0.4 is 15.1 Å². The van der Waals surface area contributed by atoms with Gasteiger partial charge in [0, 0.05) is 48.1 Å². The molecular formula is C22H24ClN3O2. The van der Waals surface area contributed by atoms with Gasteiger partial charge in [0.2, 0.25) is 11.8 Å². The molecule has 0 spiro atoms. The molecule has 146 valence electrons. The molecule has 0 radical (unpaired) electrons. The lowest BCUT2D eigenvalue weighted by molar-refractivity contribution is -0.122. The van der Waals surface area contributed by atoms with E-state index in [1.54, 1.807) is 29.2 Å². The minimum Gasteiger partial charge on any atom is -0.371 e. The van der Waals surface area contributed by atoms with Crippen molar-refractivity contribution in [2.45, 2.75) is 19.8 Å². The Labute approximate surface area is 170 Å². The molecular weight excluding hydrogens is 374 g/mol. The minimum absolute atomic E-state index is 0.0408. The Kier molecular flexibility index (Phi) is 5.27. The van der Waals surface area contributed by atoms with Crippen molar-refractivity contribution >= 4 is 40.5 Å². The first-order valence-corrected chi connectivity index (χ1v) is 10.1. The predicted molar refractivity (Wildman–Crippen MR) is 113 cm³/mol. The average Bonchev–Trinajstić information content (AvgIpc) is 3.29. The zero-order chi connectivity index (χ0) is 19.7. The van der Waals surface area contributed by atoms with Crippen LogP contribution in [-0.2, 0) is 9.59 Å². The highest BCUT2D eigenvalue weighted by Gasteiger charge is 2.35. The van der Waals surface area contributed by atoms with E-state index in [9.17, 15) is 9.59 Å². The van der Waals surface area contributed by atoms with E-state index in [4.69, 9.17) is 11.6 Å². The number of carbonyl (C=O) groups is 2. The molecule has 2 aliphatic rings. The molecule has 0 aliphatic carbocycles. The van der Waals surface area contributed by atoms with Gasteiger partial charge in [-0.3, -0.25) is 9.59 Å². The third kappa shape index (κ3) is 3.99. The van der Waals surface area contributed by atoms with E-state index in [-0.39, 0.29) is 24.2 Å². The summed E-state index contributed by atoms with van der Waals surface area (Å²) in [6.07, 6.45) is 1.44. The lowest BCUT2D eigenvalue weighted by Crippen LogP contribution is -2.28. The summed E-state index contributed by atoms with van der Waals surface area (Å²) in [7, 11) is 0. The maximum Gasteiger partial charge on any atom is 0.229 e. The predicted octanol–water partition coefficient (Wildman–Crippen LogP) is 4.18. The van der Waals surface area contributed by atoms with Crippen molar-refractivity contribution in [3.63, 3.8) is 0 Å². The van der Waals surface area contributed by atoms with Crippen LogP contribution in [0.25, 0.3) is 0 Å². The van der Waals surface area contributed by atoms with Crippen molar-refractivity contribution in [1.29, 1.82) is 0 Å². The molecule has 0 bridgehead atoms. The van der Waals surface area contributed by atoms with Crippen LogP contribution in [-0.4, -0.2) is 31.4 Å². The van der Waals surface area contributed by atoms with E-state index in [0.29, 0.717) is 11.6 Å². The van der Waals surface area contributed by atoms with Crippen LogP contribution in [0.4, 0.5) is 17.1 Å². The summed E-state index contributed by atoms with van der Waals surface area (Å²) in [5.41, 5.74) is 2.72. The lowest BCUT2D eigenvalue weighted by atomic mass is 10.1. The number of amides is 2. The molecule has 1 N–H and O–H groups in total. The fourth-order valence-electron chi connectivity index (χ4n) is 3.92. The molecule has 2 unspecified atom stereocenters. The summed E-state index contributed by atoms with van der Waals surface area (Å²) < 4.78 is 0. The van der Waals surface area contributed by atoms with Gasteiger partial charge in [-0.1, -0.05) is 18.5 Å². The Hall–Kier alpha value is -2.53. The van der Waals surface area contributed by atoms with Crippen LogP contribution in [0.5, 0.6) is 0 Å². The molecule has 5 nitrogen and oxygen atoms in total. The maximum atomic E-state index is 12.7. The van der Waals surface area contributed by atoms with Crippen molar-refractivity contribution in [2.75, 3.05) is 34.8 Å². The SMILES string of the molecule is CC1CCN(c2ccc(NC(=O)C3CC(=O)N(c4ccc(Cl)cc4)C3)cc2)C1. The number of hydrogen-bond acceptors (Lipinski definition) is 3. The minimum atomic E-state index is -0.359. The molecule has 6 heteroatoms. The van der Waals surface area contributed by atoms with Gasteiger partial charge in [-0.15, -0.1) is 0 Å². The maximum absolute atomic E-state index is 12.7. The Morgan fingerprint density at radius 3 is 2.36 bits per heavy atom. The molecule has 2 aliphatic heterocycles. The molecule has 4 rings (SSSR count). The third-order valence-electron chi connectivity index (χ3n) is 5.56. The summed E-state index contributed by atoms with van der Waals surface area (Å²) in [4.78, 5) is 29.0. The highest BCUT2D eigenvalue weighted by atomic mass is 35.5. The number of benzene rings is 2. The number of nitrogens with one attached hydrogen (secondary N) is 1. The van der Waals surface area contributed by atoms with Gasteiger partial charge >= 0.3 is 0 Å². The van der Waals surface area contributed by atoms with E-state index in [1.165, 1.54) is 12.1 Å². The van der Waals surface area contributed by atoms with Crippen molar-refractivity contribution < 1.29 is 9.59 Å². The number of rotatable bonds is 4. The number of hydrogen-bond donors (Lipinski definition) is 1. The lowest BCUT2D eigenvalue weighted by Gasteiger charge is -2.19. The summed E-state index contributed by atoms with van der Waals surface area (Å²) in [6, 6.07) is 15.1. The second-order valence-electron chi connectivity index (χ2n) is 7.76. The Morgan fingerprint density at radius 1 is 1.04 bits per heavy atom. The molecule has 0 aromatic heterocycles. The molecule has 2 atom stereocenters. The average molecular weight is 398 g/mol. The Balaban J connectivity index is 1.37. The van der Waals surface area contributed by atoms with E-state index in [0.717, 1.165) is 30.4 Å². The monoisotopic (exact) mass is 397 g/mol. The fourth-order valence-corrected chi connectivity index (χ4v) is 4.05. The third-order valence-corrected chi connectivity index (χ3v) is 5.81. The topological polar surface area (TPSA) is 52.7 Å². The molecule has 2 saturated heterocycles. The summed E-state index contributed by atoms with van der Waals surface area (Å²) >= 11 is 5.91. The Morgan fingerprint density at radius 2 is 1.71 bits per heavy atom. The van der Waals surface area contributed by atoms with Crippen molar-refractivity contribution in [3.8, 4) is 0 Å². The first-order chi connectivity index (χ1) is 13.5. The molecule has 0 saturated carbocycles. The quantitative estimate of drug-likeness (QED) is 0.842. The van der Waals surface area contributed by atoms with Crippen molar-refractivity contribution in [1.82, 2.24) is 0 Å². The van der Waals surface area contributed by atoms with E-state index in [2.05, 4.69) is 17.1 Å². The van der Waals surface area contributed by atoms with Crippen LogP contribution in [0.1, 0.15) is 19.8 Å². The molecule has 2 aromatic carbocycles. The highest BCUT2D eigenvalue weighted by Crippen LogP contribution is 2.28. The smallest absolute Gasteiger partial charge is 0.229 e. The van der Waals surface area contributed by atoms with E-state index >= 15 is 0 Å².